The van der Waals surface area contributed by atoms with Crippen LogP contribution in [0.4, 0.5) is 0 Å². The summed E-state index contributed by atoms with van der Waals surface area (Å²) in [4.78, 5) is 23.6. The van der Waals surface area contributed by atoms with Crippen molar-refractivity contribution in [2.24, 2.45) is 0 Å². The third-order valence-corrected chi connectivity index (χ3v) is 3.75. The zero-order valence-corrected chi connectivity index (χ0v) is 10.9. The summed E-state index contributed by atoms with van der Waals surface area (Å²) in [5, 5.41) is 9.70. The molecule has 5 heteroatoms. The van der Waals surface area contributed by atoms with Crippen molar-refractivity contribution in [3.8, 4) is 11.1 Å². The summed E-state index contributed by atoms with van der Waals surface area (Å²) in [7, 11) is 0. The maximum absolute atomic E-state index is 12.3. The summed E-state index contributed by atoms with van der Waals surface area (Å²) >= 11 is 12.0. The van der Waals surface area contributed by atoms with E-state index < -0.39 is 5.97 Å². The van der Waals surface area contributed by atoms with Crippen LogP contribution in [0.2, 0.25) is 10.0 Å². The molecule has 0 saturated carbocycles. The summed E-state index contributed by atoms with van der Waals surface area (Å²) in [5.41, 5.74) is 1.47. The molecular formula is C14H6Cl2O3. The average Bonchev–Trinajstić information content (AvgIpc) is 2.64. The van der Waals surface area contributed by atoms with E-state index in [0.29, 0.717) is 27.3 Å². The minimum Gasteiger partial charge on any atom is -0.478 e. The number of carbonyl (C=O) groups excluding carboxylic acids is 1. The first-order valence-electron chi connectivity index (χ1n) is 5.41. The van der Waals surface area contributed by atoms with Crippen LogP contribution in [0.5, 0.6) is 0 Å². The molecule has 0 spiro atoms. The number of rotatable bonds is 1. The van der Waals surface area contributed by atoms with Crippen molar-refractivity contribution in [2.75, 3.05) is 0 Å². The molecule has 0 fully saturated rings. The van der Waals surface area contributed by atoms with E-state index in [4.69, 9.17) is 23.2 Å². The van der Waals surface area contributed by atoms with Crippen molar-refractivity contribution in [2.45, 2.75) is 0 Å². The molecule has 0 aliphatic heterocycles. The Balaban J connectivity index is 2.47. The minimum atomic E-state index is -1.16. The van der Waals surface area contributed by atoms with E-state index in [0.717, 1.165) is 0 Å². The molecule has 1 aliphatic rings. The molecule has 1 N–H and O–H groups in total. The maximum atomic E-state index is 12.3. The van der Waals surface area contributed by atoms with Crippen LogP contribution in [0.3, 0.4) is 0 Å². The zero-order valence-electron chi connectivity index (χ0n) is 9.41. The van der Waals surface area contributed by atoms with Gasteiger partial charge in [-0.05, 0) is 23.8 Å². The molecule has 0 atom stereocenters. The lowest BCUT2D eigenvalue weighted by Crippen LogP contribution is -2.02. The summed E-state index contributed by atoms with van der Waals surface area (Å²) in [6.07, 6.45) is 0. The van der Waals surface area contributed by atoms with Crippen LogP contribution in [0.25, 0.3) is 11.1 Å². The molecule has 0 bridgehead atoms. The Bertz CT molecular complexity index is 751. The number of carboxylic acid groups (broad SMARTS) is 1. The fourth-order valence-corrected chi connectivity index (χ4v) is 2.85. The van der Waals surface area contributed by atoms with E-state index in [1.54, 1.807) is 18.2 Å². The van der Waals surface area contributed by atoms with Gasteiger partial charge in [0.25, 0.3) is 0 Å². The average molecular weight is 293 g/mol. The van der Waals surface area contributed by atoms with Gasteiger partial charge in [-0.3, -0.25) is 4.79 Å². The predicted octanol–water partition coefficient (Wildman–Crippen LogP) is 3.90. The Kier molecular flexibility index (Phi) is 2.62. The Hall–Kier alpha value is -1.84. The molecule has 2 aromatic rings. The molecular weight excluding hydrogens is 287 g/mol. The maximum Gasteiger partial charge on any atom is 0.337 e. The lowest BCUT2D eigenvalue weighted by atomic mass is 9.99. The first kappa shape index (κ1) is 12.2. The Labute approximate surface area is 118 Å². The lowest BCUT2D eigenvalue weighted by Gasteiger charge is -2.06. The second-order valence-corrected chi connectivity index (χ2v) is 4.96. The molecule has 2 aromatic carbocycles. The van der Waals surface area contributed by atoms with E-state index in [9.17, 15) is 14.7 Å². The molecule has 0 unspecified atom stereocenters. The summed E-state index contributed by atoms with van der Waals surface area (Å²) in [5.74, 6) is -1.43. The third-order valence-electron chi connectivity index (χ3n) is 3.12. The first-order chi connectivity index (χ1) is 9.02. The minimum absolute atomic E-state index is 0.0615. The molecule has 0 saturated heterocycles. The van der Waals surface area contributed by atoms with Gasteiger partial charge in [0.15, 0.2) is 5.78 Å². The van der Waals surface area contributed by atoms with Crippen LogP contribution < -0.4 is 0 Å². The smallest absolute Gasteiger partial charge is 0.337 e. The second kappa shape index (κ2) is 4.08. The van der Waals surface area contributed by atoms with Crippen molar-refractivity contribution in [3.05, 3.63) is 57.1 Å². The van der Waals surface area contributed by atoms with Crippen molar-refractivity contribution in [1.82, 2.24) is 0 Å². The standard InChI is InChI=1S/C14H6Cl2O3/c15-8-3-1-2-6-10-7(13(17)11(6)8)4-5-9(16)12(10)14(18)19/h1-5H,(H,18,19). The van der Waals surface area contributed by atoms with Crippen LogP contribution >= 0.6 is 23.2 Å². The van der Waals surface area contributed by atoms with Gasteiger partial charge in [0.2, 0.25) is 0 Å². The van der Waals surface area contributed by atoms with Crippen LogP contribution in [0.15, 0.2) is 30.3 Å². The molecule has 3 rings (SSSR count). The Morgan fingerprint density at radius 1 is 0.947 bits per heavy atom. The summed E-state index contributed by atoms with van der Waals surface area (Å²) in [6.45, 7) is 0. The molecule has 0 aromatic heterocycles. The lowest BCUT2D eigenvalue weighted by molar-refractivity contribution is 0.0698. The topological polar surface area (TPSA) is 54.4 Å². The number of hydrogen-bond acceptors (Lipinski definition) is 2. The number of ketones is 1. The number of halogens is 2. The molecule has 1 aliphatic carbocycles. The molecule has 0 heterocycles. The summed E-state index contributed by atoms with van der Waals surface area (Å²) < 4.78 is 0. The highest BCUT2D eigenvalue weighted by molar-refractivity contribution is 6.40. The molecule has 0 radical (unpaired) electrons. The highest BCUT2D eigenvalue weighted by atomic mass is 35.5. The van der Waals surface area contributed by atoms with E-state index in [1.807, 2.05) is 0 Å². The first-order valence-corrected chi connectivity index (χ1v) is 6.17. The normalized spacial score (nSPS) is 12.2. The molecule has 3 nitrogen and oxygen atoms in total. The fourth-order valence-electron chi connectivity index (χ4n) is 2.35. The number of carboxylic acids is 1. The number of carbonyl (C=O) groups is 2. The van der Waals surface area contributed by atoms with Crippen LogP contribution in [-0.2, 0) is 0 Å². The number of benzene rings is 2. The zero-order chi connectivity index (χ0) is 13.7. The third kappa shape index (κ3) is 1.59. The van der Waals surface area contributed by atoms with E-state index in [1.165, 1.54) is 12.1 Å². The van der Waals surface area contributed by atoms with Gasteiger partial charge in [0.1, 0.15) is 0 Å². The van der Waals surface area contributed by atoms with Gasteiger partial charge in [-0.1, -0.05) is 35.3 Å². The van der Waals surface area contributed by atoms with E-state index >= 15 is 0 Å². The number of aromatic carboxylic acids is 1. The van der Waals surface area contributed by atoms with Crippen molar-refractivity contribution in [3.63, 3.8) is 0 Å². The Morgan fingerprint density at radius 2 is 1.68 bits per heavy atom. The van der Waals surface area contributed by atoms with Crippen LogP contribution in [-0.4, -0.2) is 16.9 Å². The predicted molar refractivity (Wildman–Crippen MR) is 72.3 cm³/mol. The number of fused-ring (bicyclic) bond motifs is 3. The molecule has 19 heavy (non-hydrogen) atoms. The fraction of sp³-hybridized carbons (Fsp3) is 0. The van der Waals surface area contributed by atoms with Crippen LogP contribution in [0, 0.1) is 0 Å². The van der Waals surface area contributed by atoms with E-state index in [2.05, 4.69) is 0 Å². The van der Waals surface area contributed by atoms with Crippen LogP contribution in [0.1, 0.15) is 26.3 Å². The monoisotopic (exact) mass is 292 g/mol. The van der Waals surface area contributed by atoms with Crippen molar-refractivity contribution >= 4 is 35.0 Å². The Morgan fingerprint density at radius 3 is 2.37 bits per heavy atom. The van der Waals surface area contributed by atoms with Crippen molar-refractivity contribution in [1.29, 1.82) is 0 Å². The number of hydrogen-bond donors (Lipinski definition) is 1. The highest BCUT2D eigenvalue weighted by Gasteiger charge is 2.33. The quantitative estimate of drug-likeness (QED) is 0.740. The SMILES string of the molecule is O=C1c2ccc(Cl)c(C(=O)O)c2-c2cccc(Cl)c21. The van der Waals surface area contributed by atoms with Crippen molar-refractivity contribution < 1.29 is 14.7 Å². The van der Waals surface area contributed by atoms with Gasteiger partial charge in [0.05, 0.1) is 15.6 Å². The van der Waals surface area contributed by atoms with Gasteiger partial charge in [-0.25, -0.2) is 4.79 Å². The van der Waals surface area contributed by atoms with Gasteiger partial charge in [-0.15, -0.1) is 0 Å². The van der Waals surface area contributed by atoms with Gasteiger partial charge < -0.3 is 5.11 Å². The molecule has 94 valence electrons. The van der Waals surface area contributed by atoms with E-state index in [-0.39, 0.29) is 16.4 Å². The molecule has 0 amide bonds. The summed E-state index contributed by atoms with van der Waals surface area (Å²) in [6, 6.07) is 7.90. The van der Waals surface area contributed by atoms with Gasteiger partial charge in [-0.2, -0.15) is 0 Å². The second-order valence-electron chi connectivity index (χ2n) is 4.14. The highest BCUT2D eigenvalue weighted by Crippen LogP contribution is 2.43. The largest absolute Gasteiger partial charge is 0.478 e. The van der Waals surface area contributed by atoms with Gasteiger partial charge in [0, 0.05) is 16.7 Å². The van der Waals surface area contributed by atoms with Gasteiger partial charge >= 0.3 is 5.97 Å².